The quantitative estimate of drug-likeness (QED) is 0.879. The number of pyridine rings is 1. The van der Waals surface area contributed by atoms with Crippen LogP contribution in [0.3, 0.4) is 0 Å². The molecule has 0 aliphatic carbocycles. The number of rotatable bonds is 1. The monoisotopic (exact) mass is 293 g/mol. The Kier molecular flexibility index (Phi) is 2.57. The molecular formula is C9H7BrF3N3. The molecule has 2 aromatic rings. The lowest BCUT2D eigenvalue weighted by Gasteiger charge is -2.01. The summed E-state index contributed by atoms with van der Waals surface area (Å²) in [7, 11) is 0. The van der Waals surface area contributed by atoms with Crippen molar-refractivity contribution in [2.45, 2.75) is 12.6 Å². The summed E-state index contributed by atoms with van der Waals surface area (Å²) in [5.74, 6) is 0. The Balaban J connectivity index is 2.48. The number of nitrogens with zero attached hydrogens (tertiary/aromatic N) is 2. The number of alkyl halides is 3. The van der Waals surface area contributed by atoms with Crippen molar-refractivity contribution in [3.63, 3.8) is 0 Å². The van der Waals surface area contributed by atoms with E-state index >= 15 is 0 Å². The van der Waals surface area contributed by atoms with Crippen LogP contribution >= 0.6 is 15.9 Å². The van der Waals surface area contributed by atoms with E-state index in [9.17, 15) is 13.2 Å². The van der Waals surface area contributed by atoms with Gasteiger partial charge < -0.3 is 10.1 Å². The topological polar surface area (TPSA) is 43.3 Å². The van der Waals surface area contributed by atoms with Gasteiger partial charge in [0.1, 0.15) is 0 Å². The number of hydrogen-bond donors (Lipinski definition) is 1. The van der Waals surface area contributed by atoms with E-state index in [2.05, 4.69) is 20.9 Å². The Labute approximate surface area is 97.2 Å². The van der Waals surface area contributed by atoms with E-state index in [0.717, 1.165) is 0 Å². The van der Waals surface area contributed by atoms with Gasteiger partial charge in [0, 0.05) is 16.9 Å². The SMILES string of the molecule is Nc1cc(Br)cn2cc(CC(F)(F)F)nc12. The van der Waals surface area contributed by atoms with Gasteiger partial charge in [0.05, 0.1) is 17.8 Å². The zero-order valence-electron chi connectivity index (χ0n) is 7.92. The summed E-state index contributed by atoms with van der Waals surface area (Å²) < 4.78 is 38.6. The van der Waals surface area contributed by atoms with E-state index in [0.29, 0.717) is 15.8 Å². The number of fused-ring (bicyclic) bond motifs is 1. The van der Waals surface area contributed by atoms with Crippen molar-refractivity contribution in [2.75, 3.05) is 5.73 Å². The maximum Gasteiger partial charge on any atom is 0.394 e. The number of nitrogen functional groups attached to an aromatic ring is 1. The second kappa shape index (κ2) is 3.65. The first-order chi connectivity index (χ1) is 7.35. The fourth-order valence-electron chi connectivity index (χ4n) is 1.43. The van der Waals surface area contributed by atoms with E-state index in [1.807, 2.05) is 0 Å². The van der Waals surface area contributed by atoms with Gasteiger partial charge in [-0.25, -0.2) is 4.98 Å². The fourth-order valence-corrected chi connectivity index (χ4v) is 1.90. The summed E-state index contributed by atoms with van der Waals surface area (Å²) in [6.07, 6.45) is -2.38. The lowest BCUT2D eigenvalue weighted by Crippen LogP contribution is -2.11. The number of hydrogen-bond acceptors (Lipinski definition) is 2. The Morgan fingerprint density at radius 3 is 2.69 bits per heavy atom. The van der Waals surface area contributed by atoms with Crippen molar-refractivity contribution in [1.29, 1.82) is 0 Å². The third-order valence-electron chi connectivity index (χ3n) is 1.98. The molecule has 7 heteroatoms. The number of aromatic nitrogens is 2. The Morgan fingerprint density at radius 1 is 1.38 bits per heavy atom. The average Bonchev–Trinajstić information content (AvgIpc) is 2.43. The molecule has 0 aromatic carbocycles. The summed E-state index contributed by atoms with van der Waals surface area (Å²) in [4.78, 5) is 3.84. The summed E-state index contributed by atoms with van der Waals surface area (Å²) in [5, 5.41) is 0. The van der Waals surface area contributed by atoms with E-state index in [-0.39, 0.29) is 5.69 Å². The van der Waals surface area contributed by atoms with Gasteiger partial charge >= 0.3 is 6.18 Å². The molecule has 0 radical (unpaired) electrons. The highest BCUT2D eigenvalue weighted by atomic mass is 79.9. The van der Waals surface area contributed by atoms with E-state index in [1.54, 1.807) is 12.3 Å². The van der Waals surface area contributed by atoms with Crippen LogP contribution in [0.2, 0.25) is 0 Å². The zero-order valence-corrected chi connectivity index (χ0v) is 9.51. The van der Waals surface area contributed by atoms with Gasteiger partial charge in [-0.2, -0.15) is 13.2 Å². The molecule has 0 amide bonds. The van der Waals surface area contributed by atoms with Crippen molar-refractivity contribution in [2.24, 2.45) is 0 Å². The van der Waals surface area contributed by atoms with Crippen molar-refractivity contribution in [1.82, 2.24) is 9.38 Å². The average molecular weight is 294 g/mol. The molecule has 0 saturated heterocycles. The van der Waals surface area contributed by atoms with Crippen LogP contribution in [-0.4, -0.2) is 15.6 Å². The highest BCUT2D eigenvalue weighted by Gasteiger charge is 2.29. The van der Waals surface area contributed by atoms with Gasteiger partial charge in [-0.1, -0.05) is 0 Å². The lowest BCUT2D eigenvalue weighted by atomic mass is 10.3. The summed E-state index contributed by atoms with van der Waals surface area (Å²) in [6, 6.07) is 1.60. The molecule has 2 N–H and O–H groups in total. The van der Waals surface area contributed by atoms with Crippen LogP contribution in [0.5, 0.6) is 0 Å². The third-order valence-corrected chi connectivity index (χ3v) is 2.41. The molecule has 0 spiro atoms. The van der Waals surface area contributed by atoms with E-state index in [4.69, 9.17) is 5.73 Å². The second-order valence-electron chi connectivity index (χ2n) is 3.37. The molecule has 3 nitrogen and oxygen atoms in total. The fraction of sp³-hybridized carbons (Fsp3) is 0.222. The molecule has 0 fully saturated rings. The first kappa shape index (κ1) is 11.3. The van der Waals surface area contributed by atoms with Gasteiger partial charge in [0.15, 0.2) is 5.65 Å². The molecule has 2 aromatic heterocycles. The molecule has 2 heterocycles. The smallest absolute Gasteiger partial charge is 0.394 e. The van der Waals surface area contributed by atoms with Crippen LogP contribution in [0, 0.1) is 0 Å². The van der Waals surface area contributed by atoms with Crippen molar-refractivity contribution >= 4 is 27.3 Å². The van der Waals surface area contributed by atoms with Gasteiger partial charge in [-0.05, 0) is 22.0 Å². The van der Waals surface area contributed by atoms with Gasteiger partial charge in [0.2, 0.25) is 0 Å². The number of nitrogens with two attached hydrogens (primary N) is 1. The van der Waals surface area contributed by atoms with E-state index in [1.165, 1.54) is 10.6 Å². The van der Waals surface area contributed by atoms with Gasteiger partial charge in [0.25, 0.3) is 0 Å². The first-order valence-electron chi connectivity index (χ1n) is 4.34. The molecule has 0 aliphatic heterocycles. The zero-order chi connectivity index (χ0) is 11.9. The van der Waals surface area contributed by atoms with Crippen LogP contribution in [0.25, 0.3) is 5.65 Å². The predicted octanol–water partition coefficient (Wildman–Crippen LogP) is 2.78. The molecule has 0 aliphatic rings. The molecule has 0 atom stereocenters. The molecule has 0 bridgehead atoms. The highest BCUT2D eigenvalue weighted by Crippen LogP contribution is 2.24. The third kappa shape index (κ3) is 2.29. The Hall–Kier alpha value is -1.24. The van der Waals surface area contributed by atoms with Crippen LogP contribution in [0.4, 0.5) is 18.9 Å². The molecule has 0 unspecified atom stereocenters. The predicted molar refractivity (Wildman–Crippen MR) is 57.1 cm³/mol. The first-order valence-corrected chi connectivity index (χ1v) is 5.14. The molecule has 2 rings (SSSR count). The van der Waals surface area contributed by atoms with Crippen molar-refractivity contribution in [3.8, 4) is 0 Å². The summed E-state index contributed by atoms with van der Waals surface area (Å²) >= 11 is 3.20. The van der Waals surface area contributed by atoms with Crippen LogP contribution < -0.4 is 5.73 Å². The molecule has 86 valence electrons. The number of imidazole rings is 1. The maximum atomic E-state index is 12.2. The van der Waals surface area contributed by atoms with Crippen LogP contribution in [0.15, 0.2) is 22.9 Å². The van der Waals surface area contributed by atoms with Gasteiger partial charge in [-0.15, -0.1) is 0 Å². The summed E-state index contributed by atoms with van der Waals surface area (Å²) in [6.45, 7) is 0. The minimum Gasteiger partial charge on any atom is -0.396 e. The van der Waals surface area contributed by atoms with Gasteiger partial charge in [-0.3, -0.25) is 0 Å². The number of halogens is 4. The van der Waals surface area contributed by atoms with Crippen molar-refractivity contribution < 1.29 is 13.2 Å². The number of anilines is 1. The minimum absolute atomic E-state index is 0.0442. The highest BCUT2D eigenvalue weighted by molar-refractivity contribution is 9.10. The molecular weight excluding hydrogens is 287 g/mol. The maximum absolute atomic E-state index is 12.2. The lowest BCUT2D eigenvalue weighted by molar-refractivity contribution is -0.127. The second-order valence-corrected chi connectivity index (χ2v) is 4.28. The van der Waals surface area contributed by atoms with Crippen molar-refractivity contribution in [3.05, 3.63) is 28.6 Å². The van der Waals surface area contributed by atoms with Crippen LogP contribution in [-0.2, 0) is 6.42 Å². The Bertz CT molecular complexity index is 533. The standard InChI is InChI=1S/C9H7BrF3N3/c10-5-1-7(14)8-15-6(2-9(11,12)13)4-16(8)3-5/h1,3-4H,2,14H2. The summed E-state index contributed by atoms with van der Waals surface area (Å²) in [5.41, 5.74) is 6.27. The largest absolute Gasteiger partial charge is 0.396 e. The van der Waals surface area contributed by atoms with Crippen LogP contribution in [0.1, 0.15) is 5.69 Å². The molecule has 16 heavy (non-hydrogen) atoms. The normalized spacial score (nSPS) is 12.2. The minimum atomic E-state index is -4.26. The molecule has 0 saturated carbocycles. The Morgan fingerprint density at radius 2 is 2.06 bits per heavy atom. The van der Waals surface area contributed by atoms with E-state index < -0.39 is 12.6 Å².